The molecule has 1 heterocycles. The van der Waals surface area contributed by atoms with Crippen molar-refractivity contribution >= 4 is 33.1 Å². The largest absolute Gasteiger partial charge is 0.454 e. The van der Waals surface area contributed by atoms with Crippen LogP contribution in [0.5, 0.6) is 0 Å². The van der Waals surface area contributed by atoms with Crippen molar-refractivity contribution in [3.8, 4) is 0 Å². The average Bonchev–Trinajstić information content (AvgIpc) is 3.15. The monoisotopic (exact) mass is 381 g/mol. The van der Waals surface area contributed by atoms with E-state index in [4.69, 9.17) is 4.74 Å². The fourth-order valence-electron chi connectivity index (χ4n) is 2.22. The molecule has 0 aliphatic carbocycles. The van der Waals surface area contributed by atoms with Crippen LogP contribution in [0.3, 0.4) is 0 Å². The van der Waals surface area contributed by atoms with Gasteiger partial charge in [0.15, 0.2) is 6.61 Å². The van der Waals surface area contributed by atoms with Gasteiger partial charge in [-0.1, -0.05) is 26.0 Å². The van der Waals surface area contributed by atoms with Crippen molar-refractivity contribution in [1.82, 2.24) is 4.31 Å². The van der Waals surface area contributed by atoms with Gasteiger partial charge in [-0.2, -0.15) is 4.31 Å². The first-order valence-electron chi connectivity index (χ1n) is 7.74. The highest BCUT2D eigenvalue weighted by Crippen LogP contribution is 2.18. The smallest absolute Gasteiger partial charge is 0.338 e. The molecule has 0 fully saturated rings. The van der Waals surface area contributed by atoms with Gasteiger partial charge in [-0.05, 0) is 29.6 Å². The standard InChI is InChI=1S/C17H19NO5S2/c1-3-18(4-2)25(21,22)14-8-5-7-13(11-14)17(20)23-12-15(19)16-9-6-10-24-16/h5-11H,3-4,12H2,1-2H3. The molecule has 1 aromatic heterocycles. The van der Waals surface area contributed by atoms with Crippen LogP contribution in [0.1, 0.15) is 33.9 Å². The molecule has 2 rings (SSSR count). The van der Waals surface area contributed by atoms with Crippen LogP contribution < -0.4 is 0 Å². The number of benzene rings is 1. The van der Waals surface area contributed by atoms with Crippen LogP contribution in [0.25, 0.3) is 0 Å². The van der Waals surface area contributed by atoms with Crippen LogP contribution in [0.2, 0.25) is 0 Å². The van der Waals surface area contributed by atoms with Crippen molar-refractivity contribution in [2.24, 2.45) is 0 Å². The summed E-state index contributed by atoms with van der Waals surface area (Å²) in [6, 6.07) is 9.03. The summed E-state index contributed by atoms with van der Waals surface area (Å²) < 4.78 is 31.3. The number of hydrogen-bond donors (Lipinski definition) is 0. The van der Waals surface area contributed by atoms with Crippen LogP contribution in [-0.4, -0.2) is 44.2 Å². The average molecular weight is 381 g/mol. The van der Waals surface area contributed by atoms with Crippen LogP contribution in [0, 0.1) is 0 Å². The van der Waals surface area contributed by atoms with Gasteiger partial charge in [0.25, 0.3) is 0 Å². The number of sulfonamides is 1. The molecule has 8 heteroatoms. The molecule has 2 aromatic rings. The summed E-state index contributed by atoms with van der Waals surface area (Å²) in [4.78, 5) is 24.5. The Hall–Kier alpha value is -2.03. The number of thiophene rings is 1. The Bertz CT molecular complexity index is 840. The lowest BCUT2D eigenvalue weighted by atomic mass is 10.2. The second kappa shape index (κ2) is 8.37. The van der Waals surface area contributed by atoms with E-state index in [9.17, 15) is 18.0 Å². The van der Waals surface area contributed by atoms with E-state index in [1.54, 1.807) is 31.4 Å². The summed E-state index contributed by atoms with van der Waals surface area (Å²) in [5.74, 6) is -1.03. The number of ketones is 1. The van der Waals surface area contributed by atoms with E-state index in [1.165, 1.54) is 39.9 Å². The quantitative estimate of drug-likeness (QED) is 0.519. The minimum absolute atomic E-state index is 0.0234. The van der Waals surface area contributed by atoms with Crippen LogP contribution in [0.15, 0.2) is 46.7 Å². The van der Waals surface area contributed by atoms with Gasteiger partial charge in [0.2, 0.25) is 15.8 Å². The zero-order chi connectivity index (χ0) is 18.4. The van der Waals surface area contributed by atoms with E-state index in [-0.39, 0.29) is 22.8 Å². The Kier molecular flexibility index (Phi) is 6.46. The topological polar surface area (TPSA) is 80.8 Å². The molecule has 0 bridgehead atoms. The highest BCUT2D eigenvalue weighted by Gasteiger charge is 2.23. The first kappa shape index (κ1) is 19.3. The van der Waals surface area contributed by atoms with Gasteiger partial charge < -0.3 is 4.74 Å². The SMILES string of the molecule is CCN(CC)S(=O)(=O)c1cccc(C(=O)OCC(=O)c2cccs2)c1. The molecule has 134 valence electrons. The molecule has 0 radical (unpaired) electrons. The molecule has 0 atom stereocenters. The summed E-state index contributed by atoms with van der Waals surface area (Å²) in [7, 11) is -3.66. The maximum Gasteiger partial charge on any atom is 0.338 e. The zero-order valence-corrected chi connectivity index (χ0v) is 15.6. The minimum atomic E-state index is -3.66. The zero-order valence-electron chi connectivity index (χ0n) is 14.0. The Balaban J connectivity index is 2.12. The van der Waals surface area contributed by atoms with Crippen molar-refractivity contribution < 1.29 is 22.7 Å². The molecule has 0 spiro atoms. The van der Waals surface area contributed by atoms with E-state index >= 15 is 0 Å². The maximum atomic E-state index is 12.5. The van der Waals surface area contributed by atoms with Gasteiger partial charge in [0, 0.05) is 13.1 Å². The number of esters is 1. The van der Waals surface area contributed by atoms with Crippen LogP contribution in [0.4, 0.5) is 0 Å². The van der Waals surface area contributed by atoms with E-state index in [0.29, 0.717) is 18.0 Å². The second-order valence-electron chi connectivity index (χ2n) is 5.09. The highest BCUT2D eigenvalue weighted by molar-refractivity contribution is 7.89. The molecule has 0 aliphatic heterocycles. The summed E-state index contributed by atoms with van der Waals surface area (Å²) >= 11 is 1.27. The van der Waals surface area contributed by atoms with E-state index in [0.717, 1.165) is 0 Å². The van der Waals surface area contributed by atoms with Crippen molar-refractivity contribution in [2.75, 3.05) is 19.7 Å². The molecule has 0 saturated heterocycles. The van der Waals surface area contributed by atoms with E-state index in [1.807, 2.05) is 0 Å². The predicted octanol–water partition coefficient (Wildman–Crippen LogP) is 2.82. The van der Waals surface area contributed by atoms with E-state index in [2.05, 4.69) is 0 Å². The summed E-state index contributed by atoms with van der Waals surface area (Å²) in [6.45, 7) is 3.78. The van der Waals surface area contributed by atoms with Gasteiger partial charge in [-0.3, -0.25) is 4.79 Å². The molecule has 0 N–H and O–H groups in total. The van der Waals surface area contributed by atoms with Gasteiger partial charge in [0.05, 0.1) is 15.3 Å². The Morgan fingerprint density at radius 1 is 1.12 bits per heavy atom. The molecule has 6 nitrogen and oxygen atoms in total. The Labute approximate surface area is 151 Å². The number of carbonyl (C=O) groups excluding carboxylic acids is 2. The van der Waals surface area contributed by atoms with Gasteiger partial charge in [-0.15, -0.1) is 11.3 Å². The first-order chi connectivity index (χ1) is 11.9. The molecule has 1 aromatic carbocycles. The molecule has 25 heavy (non-hydrogen) atoms. The van der Waals surface area contributed by atoms with Gasteiger partial charge in [0.1, 0.15) is 0 Å². The van der Waals surface area contributed by atoms with Crippen LogP contribution in [-0.2, 0) is 14.8 Å². The lowest BCUT2D eigenvalue weighted by Crippen LogP contribution is -2.30. The number of Topliss-reactive ketones (excluding diaryl/α,β-unsaturated/α-hetero) is 1. The summed E-state index contributed by atoms with van der Waals surface area (Å²) in [5, 5.41) is 1.76. The lowest BCUT2D eigenvalue weighted by molar-refractivity contribution is 0.0475. The number of nitrogens with zero attached hydrogens (tertiary/aromatic N) is 1. The minimum Gasteiger partial charge on any atom is -0.454 e. The van der Waals surface area contributed by atoms with E-state index < -0.39 is 16.0 Å². The van der Waals surface area contributed by atoms with Gasteiger partial charge >= 0.3 is 5.97 Å². The van der Waals surface area contributed by atoms with Crippen molar-refractivity contribution in [1.29, 1.82) is 0 Å². The molecular weight excluding hydrogens is 362 g/mol. The molecular formula is C17H19NO5S2. The third-order valence-corrected chi connectivity index (χ3v) is 6.50. The third-order valence-electron chi connectivity index (χ3n) is 3.54. The lowest BCUT2D eigenvalue weighted by Gasteiger charge is -2.18. The molecule has 0 saturated carbocycles. The molecule has 0 unspecified atom stereocenters. The number of hydrogen-bond acceptors (Lipinski definition) is 6. The Morgan fingerprint density at radius 2 is 1.84 bits per heavy atom. The van der Waals surface area contributed by atoms with Crippen molar-refractivity contribution in [3.63, 3.8) is 0 Å². The maximum absolute atomic E-state index is 12.5. The third kappa shape index (κ3) is 4.53. The molecule has 0 aliphatic rings. The summed E-state index contributed by atoms with van der Waals surface area (Å²) in [5.41, 5.74) is 0.0900. The number of carbonyl (C=O) groups is 2. The predicted molar refractivity (Wildman–Crippen MR) is 95.5 cm³/mol. The van der Waals surface area contributed by atoms with Crippen LogP contribution >= 0.6 is 11.3 Å². The Morgan fingerprint density at radius 3 is 2.44 bits per heavy atom. The fourth-order valence-corrected chi connectivity index (χ4v) is 4.37. The molecule has 0 amide bonds. The number of ether oxygens (including phenoxy) is 1. The highest BCUT2D eigenvalue weighted by atomic mass is 32.2. The second-order valence-corrected chi connectivity index (χ2v) is 7.98. The van der Waals surface area contributed by atoms with Crippen molar-refractivity contribution in [2.45, 2.75) is 18.7 Å². The number of rotatable bonds is 8. The van der Waals surface area contributed by atoms with Crippen molar-refractivity contribution in [3.05, 3.63) is 52.2 Å². The van der Waals surface area contributed by atoms with Gasteiger partial charge in [-0.25, -0.2) is 13.2 Å². The normalized spacial score (nSPS) is 11.5. The summed E-state index contributed by atoms with van der Waals surface area (Å²) in [6.07, 6.45) is 0. The first-order valence-corrected chi connectivity index (χ1v) is 10.1. The fraction of sp³-hybridized carbons (Fsp3) is 0.294.